The van der Waals surface area contributed by atoms with E-state index in [1.165, 1.54) is 16.3 Å². The Labute approximate surface area is 116 Å². The largest absolute Gasteiger partial charge is 0.376 e. The maximum absolute atomic E-state index is 10.8. The topological polar surface area (TPSA) is 26.3 Å². The zero-order chi connectivity index (χ0) is 13.9. The molecular formula is C16H22O2Si. The van der Waals surface area contributed by atoms with Crippen LogP contribution in [-0.2, 0) is 9.53 Å². The van der Waals surface area contributed by atoms with Crippen LogP contribution in [0.2, 0.25) is 19.6 Å². The molecule has 0 saturated carbocycles. The predicted molar refractivity (Wildman–Crippen MR) is 81.7 cm³/mol. The van der Waals surface area contributed by atoms with E-state index in [1.54, 1.807) is 0 Å². The number of carbonyl (C=O) groups is 1. The van der Waals surface area contributed by atoms with E-state index in [2.05, 4.69) is 43.9 Å². The highest BCUT2D eigenvalue weighted by Crippen LogP contribution is 2.36. The van der Waals surface area contributed by atoms with Crippen LogP contribution in [0.4, 0.5) is 0 Å². The normalized spacial score (nSPS) is 22.4. The van der Waals surface area contributed by atoms with Crippen LogP contribution in [-0.4, -0.2) is 27.6 Å². The molecule has 2 rings (SSSR count). The molecule has 1 heterocycles. The van der Waals surface area contributed by atoms with Crippen LogP contribution in [0.5, 0.6) is 0 Å². The van der Waals surface area contributed by atoms with Gasteiger partial charge in [0.1, 0.15) is 6.29 Å². The van der Waals surface area contributed by atoms with Crippen molar-refractivity contribution < 1.29 is 9.53 Å². The first kappa shape index (κ1) is 14.2. The van der Waals surface area contributed by atoms with Crippen molar-refractivity contribution >= 4 is 19.6 Å². The Morgan fingerprint density at radius 2 is 2.00 bits per heavy atom. The lowest BCUT2D eigenvalue weighted by Crippen LogP contribution is -2.26. The van der Waals surface area contributed by atoms with Gasteiger partial charge in [0.25, 0.3) is 0 Å². The van der Waals surface area contributed by atoms with Gasteiger partial charge in [-0.05, 0) is 11.1 Å². The van der Waals surface area contributed by atoms with Crippen LogP contribution in [0.15, 0.2) is 35.9 Å². The number of carbonyl (C=O) groups excluding carboxylic acids is 1. The number of hydrogen-bond acceptors (Lipinski definition) is 2. The molecule has 1 unspecified atom stereocenters. The molecule has 1 fully saturated rings. The summed E-state index contributed by atoms with van der Waals surface area (Å²) in [6, 6.07) is 10.6. The van der Waals surface area contributed by atoms with Gasteiger partial charge in [-0.3, -0.25) is 0 Å². The second-order valence-corrected chi connectivity index (χ2v) is 11.1. The fourth-order valence-corrected chi connectivity index (χ4v) is 5.11. The Bertz CT molecular complexity index is 471. The summed E-state index contributed by atoms with van der Waals surface area (Å²) >= 11 is 0. The number of hydrogen-bond donors (Lipinski definition) is 0. The van der Waals surface area contributed by atoms with E-state index >= 15 is 0 Å². The molecule has 0 radical (unpaired) electrons. The Balaban J connectivity index is 2.51. The van der Waals surface area contributed by atoms with Crippen molar-refractivity contribution in [2.45, 2.75) is 26.1 Å². The Morgan fingerprint density at radius 3 is 2.58 bits per heavy atom. The van der Waals surface area contributed by atoms with Crippen LogP contribution < -0.4 is 0 Å². The molecule has 0 aliphatic carbocycles. The van der Waals surface area contributed by atoms with Crippen molar-refractivity contribution in [3.8, 4) is 0 Å². The second kappa shape index (κ2) is 5.84. The standard InChI is InChI=1S/C16H22O2Si/c1-19(2,3)16(13-7-5-4-6-8-13)15-12-18-11-14(15)9-10-17/h4-8,10,14H,9,11-12H2,1-3H3/b16-15+. The van der Waals surface area contributed by atoms with Gasteiger partial charge in [-0.1, -0.05) is 55.2 Å². The number of benzene rings is 1. The molecule has 0 spiro atoms. The average molecular weight is 274 g/mol. The second-order valence-electron chi connectivity index (χ2n) is 6.13. The molecule has 102 valence electrons. The Kier molecular flexibility index (Phi) is 4.37. The first-order valence-corrected chi connectivity index (χ1v) is 10.3. The monoisotopic (exact) mass is 274 g/mol. The van der Waals surface area contributed by atoms with Crippen LogP contribution in [0, 0.1) is 5.92 Å². The fourth-order valence-electron chi connectivity index (χ4n) is 2.84. The molecule has 1 aromatic rings. The molecule has 1 atom stereocenters. The third-order valence-corrected chi connectivity index (χ3v) is 5.69. The predicted octanol–water partition coefficient (Wildman–Crippen LogP) is 3.55. The van der Waals surface area contributed by atoms with Crippen molar-refractivity contribution in [2.75, 3.05) is 13.2 Å². The summed E-state index contributed by atoms with van der Waals surface area (Å²) in [5.74, 6) is 0.277. The Hall–Kier alpha value is -1.19. The smallest absolute Gasteiger partial charge is 0.120 e. The van der Waals surface area contributed by atoms with Gasteiger partial charge in [0, 0.05) is 12.3 Å². The summed E-state index contributed by atoms with van der Waals surface area (Å²) in [7, 11) is -1.48. The molecule has 2 nitrogen and oxygen atoms in total. The lowest BCUT2D eigenvalue weighted by atomic mass is 9.97. The van der Waals surface area contributed by atoms with Gasteiger partial charge >= 0.3 is 0 Å². The number of ether oxygens (including phenoxy) is 1. The minimum atomic E-state index is -1.48. The zero-order valence-electron chi connectivity index (χ0n) is 12.0. The van der Waals surface area contributed by atoms with Crippen molar-refractivity contribution in [3.05, 3.63) is 41.5 Å². The third kappa shape index (κ3) is 3.22. The summed E-state index contributed by atoms with van der Waals surface area (Å²) in [5.41, 5.74) is 2.66. The maximum Gasteiger partial charge on any atom is 0.120 e. The van der Waals surface area contributed by atoms with E-state index in [0.717, 1.165) is 6.29 Å². The Morgan fingerprint density at radius 1 is 1.32 bits per heavy atom. The average Bonchev–Trinajstić information content (AvgIpc) is 2.78. The van der Waals surface area contributed by atoms with E-state index in [1.807, 2.05) is 6.07 Å². The summed E-state index contributed by atoms with van der Waals surface area (Å²) in [6.45, 7) is 8.46. The first-order valence-electron chi connectivity index (χ1n) is 6.84. The van der Waals surface area contributed by atoms with Gasteiger partial charge in [-0.2, -0.15) is 0 Å². The lowest BCUT2D eigenvalue weighted by molar-refractivity contribution is -0.108. The molecule has 1 aliphatic rings. The van der Waals surface area contributed by atoms with Crippen molar-refractivity contribution in [1.29, 1.82) is 0 Å². The summed E-state index contributed by atoms with van der Waals surface area (Å²) in [6.07, 6.45) is 1.60. The van der Waals surface area contributed by atoms with Gasteiger partial charge in [-0.25, -0.2) is 0 Å². The molecule has 0 amide bonds. The SMILES string of the molecule is C[Si](C)(C)/C(=C1\COCC1CC=O)c1ccccc1. The highest BCUT2D eigenvalue weighted by Gasteiger charge is 2.31. The molecule has 1 saturated heterocycles. The maximum atomic E-state index is 10.8. The highest BCUT2D eigenvalue weighted by molar-refractivity contribution is 6.93. The summed E-state index contributed by atoms with van der Waals surface area (Å²) in [5, 5.41) is 1.47. The van der Waals surface area contributed by atoms with E-state index in [4.69, 9.17) is 4.74 Å². The molecule has 19 heavy (non-hydrogen) atoms. The molecule has 0 aromatic heterocycles. The van der Waals surface area contributed by atoms with Gasteiger partial charge in [0.05, 0.1) is 21.3 Å². The van der Waals surface area contributed by atoms with Gasteiger partial charge in [-0.15, -0.1) is 0 Å². The van der Waals surface area contributed by atoms with Crippen LogP contribution in [0.1, 0.15) is 12.0 Å². The first-order chi connectivity index (χ1) is 9.04. The minimum Gasteiger partial charge on any atom is -0.376 e. The number of rotatable bonds is 4. The van der Waals surface area contributed by atoms with Crippen molar-refractivity contribution in [1.82, 2.24) is 0 Å². The number of aldehydes is 1. The molecule has 1 aliphatic heterocycles. The van der Waals surface area contributed by atoms with Crippen LogP contribution in [0.3, 0.4) is 0 Å². The van der Waals surface area contributed by atoms with E-state index in [9.17, 15) is 4.79 Å². The molecule has 3 heteroatoms. The van der Waals surface area contributed by atoms with Crippen molar-refractivity contribution in [2.24, 2.45) is 5.92 Å². The van der Waals surface area contributed by atoms with E-state index in [0.29, 0.717) is 19.6 Å². The van der Waals surface area contributed by atoms with Gasteiger partial charge in [0.15, 0.2) is 0 Å². The molecule has 0 bridgehead atoms. The zero-order valence-corrected chi connectivity index (χ0v) is 13.0. The van der Waals surface area contributed by atoms with Gasteiger partial charge in [0.2, 0.25) is 0 Å². The quantitative estimate of drug-likeness (QED) is 0.620. The molecular weight excluding hydrogens is 252 g/mol. The van der Waals surface area contributed by atoms with Crippen LogP contribution in [0.25, 0.3) is 5.20 Å². The molecule has 1 aromatic carbocycles. The van der Waals surface area contributed by atoms with Gasteiger partial charge < -0.3 is 9.53 Å². The fraction of sp³-hybridized carbons (Fsp3) is 0.438. The summed E-state index contributed by atoms with van der Waals surface area (Å²) in [4.78, 5) is 10.8. The minimum absolute atomic E-state index is 0.277. The third-order valence-electron chi connectivity index (χ3n) is 3.58. The highest BCUT2D eigenvalue weighted by atomic mass is 28.3. The van der Waals surface area contributed by atoms with E-state index in [-0.39, 0.29) is 5.92 Å². The van der Waals surface area contributed by atoms with E-state index < -0.39 is 8.07 Å². The molecule has 0 N–H and O–H groups in total. The van der Waals surface area contributed by atoms with Crippen molar-refractivity contribution in [3.63, 3.8) is 0 Å². The summed E-state index contributed by atoms with van der Waals surface area (Å²) < 4.78 is 5.63. The van der Waals surface area contributed by atoms with Crippen LogP contribution >= 0.6 is 0 Å². The lowest BCUT2D eigenvalue weighted by Gasteiger charge is -2.26.